The number of carbonyl (C=O) groups is 2. The van der Waals surface area contributed by atoms with Gasteiger partial charge in [0, 0.05) is 50.3 Å². The van der Waals surface area contributed by atoms with E-state index in [1.54, 1.807) is 13.0 Å². The van der Waals surface area contributed by atoms with E-state index in [0.29, 0.717) is 43.1 Å². The van der Waals surface area contributed by atoms with Gasteiger partial charge in [0.2, 0.25) is 11.8 Å². The highest BCUT2D eigenvalue weighted by atomic mass is 16.6. The lowest BCUT2D eigenvalue weighted by Gasteiger charge is -2.32. The van der Waals surface area contributed by atoms with Crippen LogP contribution in [0, 0.1) is 23.0 Å². The number of nitro groups is 1. The smallest absolute Gasteiger partial charge is 0.269 e. The molecule has 1 atom stereocenters. The van der Waals surface area contributed by atoms with Gasteiger partial charge in [-0.15, -0.1) is 0 Å². The van der Waals surface area contributed by atoms with Gasteiger partial charge in [0.15, 0.2) is 0 Å². The molecule has 2 amide bonds. The molecule has 1 heterocycles. The molecule has 154 valence electrons. The van der Waals surface area contributed by atoms with Crippen LogP contribution in [0.2, 0.25) is 0 Å². The number of anilines is 1. The van der Waals surface area contributed by atoms with E-state index in [9.17, 15) is 19.7 Å². The summed E-state index contributed by atoms with van der Waals surface area (Å²) in [4.78, 5) is 36.5. The fraction of sp³-hybridized carbons (Fsp3) is 0.600. The van der Waals surface area contributed by atoms with Gasteiger partial charge < -0.3 is 15.5 Å². The van der Waals surface area contributed by atoms with Crippen molar-refractivity contribution < 1.29 is 14.5 Å². The molecule has 0 bridgehead atoms. The third kappa shape index (κ3) is 6.92. The van der Waals surface area contributed by atoms with Crippen LogP contribution in [0.1, 0.15) is 44.6 Å². The second kappa shape index (κ2) is 10.8. The van der Waals surface area contributed by atoms with Crippen LogP contribution in [0.3, 0.4) is 0 Å². The number of non-ortho nitro benzene ring substituents is 1. The average Bonchev–Trinajstić information content (AvgIpc) is 2.67. The molecule has 1 saturated heterocycles. The van der Waals surface area contributed by atoms with E-state index < -0.39 is 4.92 Å². The zero-order chi connectivity index (χ0) is 20.5. The number of amides is 2. The van der Waals surface area contributed by atoms with Crippen LogP contribution < -0.4 is 10.6 Å². The van der Waals surface area contributed by atoms with Gasteiger partial charge >= 0.3 is 0 Å². The van der Waals surface area contributed by atoms with Gasteiger partial charge in [0.1, 0.15) is 0 Å². The number of nitrogens with zero attached hydrogens (tertiary/aromatic N) is 2. The Hall–Kier alpha value is -2.48. The van der Waals surface area contributed by atoms with Crippen molar-refractivity contribution in [3.05, 3.63) is 33.9 Å². The highest BCUT2D eigenvalue weighted by Gasteiger charge is 2.21. The van der Waals surface area contributed by atoms with Gasteiger partial charge in [-0.1, -0.05) is 6.92 Å². The summed E-state index contributed by atoms with van der Waals surface area (Å²) in [6, 6.07) is 4.42. The summed E-state index contributed by atoms with van der Waals surface area (Å²) in [5.41, 5.74) is 1.29. The number of piperidine rings is 1. The van der Waals surface area contributed by atoms with Gasteiger partial charge in [-0.25, -0.2) is 0 Å². The Morgan fingerprint density at radius 1 is 1.29 bits per heavy atom. The molecule has 1 unspecified atom stereocenters. The summed E-state index contributed by atoms with van der Waals surface area (Å²) in [6.07, 6.45) is 3.95. The number of nitro benzene ring substituents is 1. The topological polar surface area (TPSA) is 105 Å². The van der Waals surface area contributed by atoms with Crippen LogP contribution in [-0.4, -0.2) is 47.8 Å². The van der Waals surface area contributed by atoms with Crippen LogP contribution >= 0.6 is 0 Å². The first-order chi connectivity index (χ1) is 13.4. The van der Waals surface area contributed by atoms with Crippen molar-refractivity contribution in [1.82, 2.24) is 10.2 Å². The summed E-state index contributed by atoms with van der Waals surface area (Å²) >= 11 is 0. The lowest BCUT2D eigenvalue weighted by molar-refractivity contribution is -0.384. The first kappa shape index (κ1) is 21.8. The van der Waals surface area contributed by atoms with E-state index in [1.165, 1.54) is 12.1 Å². The van der Waals surface area contributed by atoms with Crippen LogP contribution in [-0.2, 0) is 9.59 Å². The zero-order valence-electron chi connectivity index (χ0n) is 16.7. The van der Waals surface area contributed by atoms with Crippen molar-refractivity contribution in [2.75, 3.05) is 31.5 Å². The molecule has 1 aromatic rings. The van der Waals surface area contributed by atoms with Gasteiger partial charge in [-0.3, -0.25) is 19.7 Å². The predicted molar refractivity (Wildman–Crippen MR) is 108 cm³/mol. The molecule has 0 radical (unpaired) electrons. The minimum absolute atomic E-state index is 0.0147. The maximum absolute atomic E-state index is 12.3. The standard InChI is InChI=1S/C20H30N4O4/c1-3-5-19(25)21-13-16-6-4-10-23(14-16)11-9-20(26)22-18-8-7-17(24(27)28)12-15(18)2/h7-8,12,16H,3-6,9-11,13-14H2,1-2H3,(H,21,25)(H,22,26). The van der Waals surface area contributed by atoms with E-state index in [4.69, 9.17) is 0 Å². The Labute approximate surface area is 165 Å². The van der Waals surface area contributed by atoms with E-state index in [-0.39, 0.29) is 17.5 Å². The van der Waals surface area contributed by atoms with Crippen LogP contribution in [0.4, 0.5) is 11.4 Å². The van der Waals surface area contributed by atoms with E-state index in [1.807, 2.05) is 6.92 Å². The number of hydrogen-bond acceptors (Lipinski definition) is 5. The molecule has 8 heteroatoms. The third-order valence-corrected chi connectivity index (χ3v) is 5.02. The average molecular weight is 390 g/mol. The highest BCUT2D eigenvalue weighted by molar-refractivity contribution is 5.91. The Balaban J connectivity index is 1.76. The number of nitrogens with one attached hydrogen (secondary N) is 2. The Bertz CT molecular complexity index is 707. The molecule has 0 aliphatic carbocycles. The quantitative estimate of drug-likeness (QED) is 0.498. The maximum Gasteiger partial charge on any atom is 0.269 e. The molecule has 0 saturated carbocycles. The molecule has 0 spiro atoms. The number of hydrogen-bond donors (Lipinski definition) is 2. The van der Waals surface area contributed by atoms with Crippen molar-refractivity contribution in [3.8, 4) is 0 Å². The fourth-order valence-electron chi connectivity index (χ4n) is 3.47. The summed E-state index contributed by atoms with van der Waals surface area (Å²) in [5, 5.41) is 16.6. The zero-order valence-corrected chi connectivity index (χ0v) is 16.7. The second-order valence-electron chi connectivity index (χ2n) is 7.42. The normalized spacial score (nSPS) is 17.1. The van der Waals surface area contributed by atoms with Crippen molar-refractivity contribution in [2.45, 2.75) is 46.0 Å². The SMILES string of the molecule is CCCC(=O)NCC1CCCN(CCC(=O)Nc2ccc([N+](=O)[O-])cc2C)C1. The number of carbonyl (C=O) groups excluding carboxylic acids is 2. The van der Waals surface area contributed by atoms with Crippen LogP contribution in [0.25, 0.3) is 0 Å². The minimum atomic E-state index is -0.448. The monoisotopic (exact) mass is 390 g/mol. The van der Waals surface area contributed by atoms with E-state index in [0.717, 1.165) is 32.4 Å². The van der Waals surface area contributed by atoms with Crippen LogP contribution in [0.5, 0.6) is 0 Å². The molecule has 28 heavy (non-hydrogen) atoms. The molecule has 1 aliphatic heterocycles. The maximum atomic E-state index is 12.3. The number of rotatable bonds is 9. The van der Waals surface area contributed by atoms with Gasteiger partial charge in [-0.2, -0.15) is 0 Å². The fourth-order valence-corrected chi connectivity index (χ4v) is 3.47. The molecule has 1 fully saturated rings. The molecule has 1 aliphatic rings. The minimum Gasteiger partial charge on any atom is -0.356 e. The number of benzene rings is 1. The molecular weight excluding hydrogens is 360 g/mol. The number of likely N-dealkylation sites (tertiary alicyclic amines) is 1. The van der Waals surface area contributed by atoms with Crippen molar-refractivity contribution in [2.24, 2.45) is 5.92 Å². The molecule has 8 nitrogen and oxygen atoms in total. The van der Waals surface area contributed by atoms with Crippen LogP contribution in [0.15, 0.2) is 18.2 Å². The first-order valence-electron chi connectivity index (χ1n) is 9.93. The second-order valence-corrected chi connectivity index (χ2v) is 7.42. The van der Waals surface area contributed by atoms with Gasteiger partial charge in [-0.05, 0) is 50.3 Å². The molecule has 2 N–H and O–H groups in total. The van der Waals surface area contributed by atoms with Crippen molar-refractivity contribution in [1.29, 1.82) is 0 Å². The highest BCUT2D eigenvalue weighted by Crippen LogP contribution is 2.21. The van der Waals surface area contributed by atoms with Crippen molar-refractivity contribution in [3.63, 3.8) is 0 Å². The Kier molecular flexibility index (Phi) is 8.38. The lowest BCUT2D eigenvalue weighted by atomic mass is 9.97. The molecular formula is C20H30N4O4. The largest absolute Gasteiger partial charge is 0.356 e. The van der Waals surface area contributed by atoms with Crippen molar-refractivity contribution >= 4 is 23.2 Å². The van der Waals surface area contributed by atoms with Gasteiger partial charge in [0.25, 0.3) is 5.69 Å². The summed E-state index contributed by atoms with van der Waals surface area (Å²) in [7, 11) is 0. The summed E-state index contributed by atoms with van der Waals surface area (Å²) < 4.78 is 0. The lowest BCUT2D eigenvalue weighted by Crippen LogP contribution is -2.41. The number of aryl methyl sites for hydroxylation is 1. The van der Waals surface area contributed by atoms with E-state index in [2.05, 4.69) is 15.5 Å². The molecule has 0 aromatic heterocycles. The Morgan fingerprint density at radius 3 is 2.75 bits per heavy atom. The third-order valence-electron chi connectivity index (χ3n) is 5.02. The predicted octanol–water partition coefficient (Wildman–Crippen LogP) is 2.86. The van der Waals surface area contributed by atoms with E-state index >= 15 is 0 Å². The van der Waals surface area contributed by atoms with Gasteiger partial charge in [0.05, 0.1) is 4.92 Å². The Morgan fingerprint density at radius 2 is 2.07 bits per heavy atom. The summed E-state index contributed by atoms with van der Waals surface area (Å²) in [6.45, 7) is 6.94. The molecule has 2 rings (SSSR count). The first-order valence-corrected chi connectivity index (χ1v) is 9.93. The molecule has 1 aromatic carbocycles. The summed E-state index contributed by atoms with van der Waals surface area (Å²) in [5.74, 6) is 0.433.